The van der Waals surface area contributed by atoms with Crippen molar-refractivity contribution in [1.29, 1.82) is 0 Å². The van der Waals surface area contributed by atoms with Gasteiger partial charge in [0.1, 0.15) is 5.75 Å². The maximum atomic E-state index is 12.8. The van der Waals surface area contributed by atoms with Crippen LogP contribution in [0.25, 0.3) is 0 Å². The Bertz CT molecular complexity index is 992. The van der Waals surface area contributed by atoms with Crippen molar-refractivity contribution in [1.82, 2.24) is 9.62 Å². The summed E-state index contributed by atoms with van der Waals surface area (Å²) in [5.41, 5.74) is 1.43. The summed E-state index contributed by atoms with van der Waals surface area (Å²) in [7, 11) is -3.71. The lowest BCUT2D eigenvalue weighted by atomic mass is 10.1. The lowest BCUT2D eigenvalue weighted by Crippen LogP contribution is -2.31. The van der Waals surface area contributed by atoms with Crippen LogP contribution in [0.15, 0.2) is 47.4 Å². The van der Waals surface area contributed by atoms with Gasteiger partial charge in [-0.3, -0.25) is 4.79 Å². The van der Waals surface area contributed by atoms with Crippen LogP contribution >= 0.6 is 0 Å². The second-order valence-electron chi connectivity index (χ2n) is 6.71. The molecule has 0 bridgehead atoms. The van der Waals surface area contributed by atoms with Crippen LogP contribution in [0.1, 0.15) is 48.3 Å². The second kappa shape index (κ2) is 9.99. The van der Waals surface area contributed by atoms with Gasteiger partial charge in [0.2, 0.25) is 10.0 Å². The van der Waals surface area contributed by atoms with Crippen LogP contribution in [0, 0.1) is 6.92 Å². The van der Waals surface area contributed by atoms with E-state index in [-0.39, 0.29) is 16.2 Å². The lowest BCUT2D eigenvalue weighted by Gasteiger charge is -2.20. The van der Waals surface area contributed by atoms with Crippen molar-refractivity contribution < 1.29 is 26.7 Å². The van der Waals surface area contributed by atoms with Crippen molar-refractivity contribution in [2.24, 2.45) is 0 Å². The molecule has 1 amide bonds. The van der Waals surface area contributed by atoms with Crippen LogP contribution in [-0.2, 0) is 10.0 Å². The normalized spacial score (nSPS) is 12.8. The molecule has 164 valence electrons. The highest BCUT2D eigenvalue weighted by atomic mass is 32.2. The van der Waals surface area contributed by atoms with E-state index in [0.717, 1.165) is 0 Å². The Morgan fingerprint density at radius 1 is 1.13 bits per heavy atom. The number of benzene rings is 2. The molecule has 2 rings (SSSR count). The zero-order chi connectivity index (χ0) is 22.5. The summed E-state index contributed by atoms with van der Waals surface area (Å²) in [6, 6.07) is 9.97. The Balaban J connectivity index is 2.27. The van der Waals surface area contributed by atoms with Crippen molar-refractivity contribution in [2.45, 2.75) is 45.2 Å². The van der Waals surface area contributed by atoms with Crippen LogP contribution in [0.3, 0.4) is 0 Å². The number of carbonyl (C=O) groups excluding carboxylic acids is 1. The fourth-order valence-corrected chi connectivity index (χ4v) is 4.52. The van der Waals surface area contributed by atoms with E-state index in [2.05, 4.69) is 10.1 Å². The fraction of sp³-hybridized carbons (Fsp3) is 0.381. The number of nitrogens with one attached hydrogen (secondary N) is 1. The number of rotatable bonds is 9. The summed E-state index contributed by atoms with van der Waals surface area (Å²) in [6.45, 7) is 4.61. The minimum absolute atomic E-state index is 0.00732. The molecule has 0 aliphatic heterocycles. The third-order valence-corrected chi connectivity index (χ3v) is 6.77. The predicted octanol–water partition coefficient (Wildman–Crippen LogP) is 4.12. The molecule has 0 saturated heterocycles. The van der Waals surface area contributed by atoms with E-state index in [1.807, 2.05) is 0 Å². The monoisotopic (exact) mass is 440 g/mol. The highest BCUT2D eigenvalue weighted by Crippen LogP contribution is 2.23. The second-order valence-corrected chi connectivity index (χ2v) is 8.65. The average molecular weight is 441 g/mol. The van der Waals surface area contributed by atoms with Gasteiger partial charge in [-0.25, -0.2) is 8.42 Å². The van der Waals surface area contributed by atoms with Gasteiger partial charge in [0, 0.05) is 18.7 Å². The van der Waals surface area contributed by atoms with Gasteiger partial charge >= 0.3 is 6.61 Å². The average Bonchev–Trinajstić information content (AvgIpc) is 2.68. The number of alkyl halides is 2. The first kappa shape index (κ1) is 23.8. The van der Waals surface area contributed by atoms with Crippen LogP contribution in [-0.4, -0.2) is 38.3 Å². The summed E-state index contributed by atoms with van der Waals surface area (Å²) in [5.74, 6) is -0.469. The summed E-state index contributed by atoms with van der Waals surface area (Å²) < 4.78 is 56.1. The molecule has 2 aromatic rings. The van der Waals surface area contributed by atoms with Gasteiger partial charge in [0.15, 0.2) is 0 Å². The molecule has 0 saturated carbocycles. The van der Waals surface area contributed by atoms with E-state index in [1.165, 1.54) is 28.6 Å². The first-order valence-electron chi connectivity index (χ1n) is 9.56. The molecule has 0 radical (unpaired) electrons. The van der Waals surface area contributed by atoms with Gasteiger partial charge in [-0.1, -0.05) is 32.0 Å². The number of hydrogen-bond acceptors (Lipinski definition) is 4. The third-order valence-electron chi connectivity index (χ3n) is 4.73. The summed E-state index contributed by atoms with van der Waals surface area (Å²) in [6.07, 6.45) is 0. The number of aryl methyl sites for hydroxylation is 1. The van der Waals surface area contributed by atoms with Gasteiger partial charge in [0.25, 0.3) is 5.91 Å². The van der Waals surface area contributed by atoms with Gasteiger partial charge in [-0.05, 0) is 49.2 Å². The summed E-state index contributed by atoms with van der Waals surface area (Å²) >= 11 is 0. The Hall–Kier alpha value is -2.52. The van der Waals surface area contributed by atoms with Crippen molar-refractivity contribution in [3.05, 3.63) is 59.2 Å². The van der Waals surface area contributed by atoms with Gasteiger partial charge in [0.05, 0.1) is 10.9 Å². The van der Waals surface area contributed by atoms with E-state index >= 15 is 0 Å². The minimum Gasteiger partial charge on any atom is -0.435 e. The molecule has 30 heavy (non-hydrogen) atoms. The van der Waals surface area contributed by atoms with Crippen LogP contribution in [0.2, 0.25) is 0 Å². The lowest BCUT2D eigenvalue weighted by molar-refractivity contribution is -0.0499. The minimum atomic E-state index is -3.71. The van der Waals surface area contributed by atoms with Crippen molar-refractivity contribution >= 4 is 15.9 Å². The van der Waals surface area contributed by atoms with Crippen LogP contribution in [0.5, 0.6) is 5.75 Å². The first-order chi connectivity index (χ1) is 14.1. The zero-order valence-electron chi connectivity index (χ0n) is 17.4. The molecule has 0 aliphatic carbocycles. The highest BCUT2D eigenvalue weighted by Gasteiger charge is 2.24. The zero-order valence-corrected chi connectivity index (χ0v) is 18.2. The van der Waals surface area contributed by atoms with E-state index in [9.17, 15) is 22.0 Å². The predicted molar refractivity (Wildman–Crippen MR) is 110 cm³/mol. The molecule has 0 fully saturated rings. The Kier molecular flexibility index (Phi) is 7.91. The molecule has 0 spiro atoms. The van der Waals surface area contributed by atoms with E-state index < -0.39 is 28.6 Å². The maximum absolute atomic E-state index is 12.8. The van der Waals surface area contributed by atoms with Gasteiger partial charge < -0.3 is 10.1 Å². The molecular formula is C21H26F2N2O4S. The van der Waals surface area contributed by atoms with Crippen molar-refractivity contribution in [3.63, 3.8) is 0 Å². The first-order valence-corrected chi connectivity index (χ1v) is 11.0. The summed E-state index contributed by atoms with van der Waals surface area (Å²) in [4.78, 5) is 12.9. The molecule has 9 heteroatoms. The molecule has 0 aliphatic rings. The molecule has 1 atom stereocenters. The number of nitrogens with zero attached hydrogens (tertiary/aromatic N) is 1. The highest BCUT2D eigenvalue weighted by molar-refractivity contribution is 7.89. The number of hydrogen-bond donors (Lipinski definition) is 1. The topological polar surface area (TPSA) is 75.7 Å². The fourth-order valence-electron chi connectivity index (χ4n) is 3.04. The smallest absolute Gasteiger partial charge is 0.387 e. The van der Waals surface area contributed by atoms with Crippen LogP contribution < -0.4 is 10.1 Å². The standard InChI is InChI=1S/C21H26F2N2O4S/c1-5-25(6-2)30(27,28)18-11-10-14(3)19(13-18)20(26)24-15(4)16-8-7-9-17(12-16)29-21(22)23/h7-13,15,21H,5-6H2,1-4H3,(H,24,26). The Morgan fingerprint density at radius 3 is 2.40 bits per heavy atom. The van der Waals surface area contributed by atoms with Crippen LogP contribution in [0.4, 0.5) is 8.78 Å². The third kappa shape index (κ3) is 5.54. The SMILES string of the molecule is CCN(CC)S(=O)(=O)c1ccc(C)c(C(=O)NC(C)c2cccc(OC(F)F)c2)c1. The van der Waals surface area contributed by atoms with Gasteiger partial charge in [-0.2, -0.15) is 13.1 Å². The van der Waals surface area contributed by atoms with Crippen molar-refractivity contribution in [3.8, 4) is 5.75 Å². The van der Waals surface area contributed by atoms with Gasteiger partial charge in [-0.15, -0.1) is 0 Å². The molecule has 6 nitrogen and oxygen atoms in total. The molecule has 1 unspecified atom stereocenters. The molecule has 1 N–H and O–H groups in total. The number of sulfonamides is 1. The number of amides is 1. The summed E-state index contributed by atoms with van der Waals surface area (Å²) in [5, 5.41) is 2.78. The largest absolute Gasteiger partial charge is 0.435 e. The molecule has 2 aromatic carbocycles. The number of carbonyl (C=O) groups is 1. The molecular weight excluding hydrogens is 414 g/mol. The van der Waals surface area contributed by atoms with E-state index in [0.29, 0.717) is 24.2 Å². The van der Waals surface area contributed by atoms with Crippen molar-refractivity contribution in [2.75, 3.05) is 13.1 Å². The van der Waals surface area contributed by atoms with E-state index in [1.54, 1.807) is 45.9 Å². The maximum Gasteiger partial charge on any atom is 0.387 e. The number of halogens is 2. The molecule has 0 aromatic heterocycles. The quantitative estimate of drug-likeness (QED) is 0.637. The Labute approximate surface area is 175 Å². The molecule has 0 heterocycles. The Morgan fingerprint density at radius 2 is 1.80 bits per heavy atom. The number of ether oxygens (including phenoxy) is 1. The van der Waals surface area contributed by atoms with E-state index in [4.69, 9.17) is 0 Å².